The number of pyridine rings is 1. The van der Waals surface area contributed by atoms with Crippen molar-refractivity contribution in [3.05, 3.63) is 54.4 Å². The first-order chi connectivity index (χ1) is 17.1. The maximum absolute atomic E-state index is 13.2. The molecule has 1 aromatic heterocycles. The van der Waals surface area contributed by atoms with Crippen molar-refractivity contribution in [2.75, 3.05) is 38.7 Å². The van der Waals surface area contributed by atoms with Gasteiger partial charge in [-0.1, -0.05) is 6.07 Å². The normalized spacial score (nSPS) is 18.7. The summed E-state index contributed by atoms with van der Waals surface area (Å²) in [5.41, 5.74) is 0.969. The summed E-state index contributed by atoms with van der Waals surface area (Å²) in [5, 5.41) is 10.1. The molecule has 2 aliphatic rings. The lowest BCUT2D eigenvalue weighted by atomic mass is 9.71. The number of aromatic nitrogens is 1. The molecule has 0 radical (unpaired) electrons. The standard InChI is InChI=1S/C22H25N3O4.C2HF3O2/c1-28-18-6-2-4-16(12-18)21(27)25-14-19(22(15-25)7-10-29-11-8-22)20(26)24-17-5-3-9-23-13-17;3-2(4,5)1(6)7/h2-6,9,12-13,19H,7-8,10-11,14-15H2,1H3,(H,24,26);(H,6,7). The van der Waals surface area contributed by atoms with Crippen molar-refractivity contribution in [3.8, 4) is 5.75 Å². The monoisotopic (exact) mass is 509 g/mol. The van der Waals surface area contributed by atoms with Crippen LogP contribution in [0.5, 0.6) is 5.75 Å². The van der Waals surface area contributed by atoms with Crippen molar-refractivity contribution in [1.29, 1.82) is 0 Å². The van der Waals surface area contributed by atoms with E-state index in [0.717, 1.165) is 12.8 Å². The number of carboxylic acids is 1. The molecular formula is C24H26F3N3O6. The molecule has 0 aliphatic carbocycles. The van der Waals surface area contributed by atoms with Gasteiger partial charge in [-0.25, -0.2) is 4.79 Å². The Labute approximate surface area is 205 Å². The predicted octanol–water partition coefficient (Wildman–Crippen LogP) is 3.23. The van der Waals surface area contributed by atoms with Crippen LogP contribution in [0.25, 0.3) is 0 Å². The topological polar surface area (TPSA) is 118 Å². The van der Waals surface area contributed by atoms with E-state index < -0.39 is 12.1 Å². The van der Waals surface area contributed by atoms with Gasteiger partial charge in [-0.05, 0) is 43.2 Å². The molecule has 1 unspecified atom stereocenters. The average Bonchev–Trinajstić information content (AvgIpc) is 3.23. The number of hydrogen-bond acceptors (Lipinski definition) is 6. The number of carboxylic acid groups (broad SMARTS) is 1. The molecule has 2 aliphatic heterocycles. The Morgan fingerprint density at radius 3 is 2.47 bits per heavy atom. The maximum Gasteiger partial charge on any atom is 0.490 e. The molecule has 36 heavy (non-hydrogen) atoms. The highest BCUT2D eigenvalue weighted by Crippen LogP contribution is 2.45. The summed E-state index contributed by atoms with van der Waals surface area (Å²) >= 11 is 0. The zero-order valence-electron chi connectivity index (χ0n) is 19.5. The number of ether oxygens (including phenoxy) is 2. The third-order valence-electron chi connectivity index (χ3n) is 6.23. The summed E-state index contributed by atoms with van der Waals surface area (Å²) in [6.45, 7) is 2.16. The van der Waals surface area contributed by atoms with Gasteiger partial charge in [-0.3, -0.25) is 14.6 Å². The molecule has 1 spiro atoms. The molecule has 2 amide bonds. The third-order valence-corrected chi connectivity index (χ3v) is 6.23. The van der Waals surface area contributed by atoms with Crippen molar-refractivity contribution < 1.29 is 42.1 Å². The Kier molecular flexibility index (Phi) is 8.51. The Morgan fingerprint density at radius 1 is 1.19 bits per heavy atom. The molecule has 2 fully saturated rings. The first-order valence-electron chi connectivity index (χ1n) is 11.1. The number of nitrogens with one attached hydrogen (secondary N) is 1. The summed E-state index contributed by atoms with van der Waals surface area (Å²) in [6, 6.07) is 10.7. The van der Waals surface area contributed by atoms with Crippen LogP contribution in [-0.2, 0) is 14.3 Å². The minimum Gasteiger partial charge on any atom is -0.497 e. The number of carbonyl (C=O) groups is 3. The second kappa shape index (κ2) is 11.4. The van der Waals surface area contributed by atoms with Crippen LogP contribution in [0.3, 0.4) is 0 Å². The Bertz CT molecular complexity index is 1070. The average molecular weight is 509 g/mol. The number of methoxy groups -OCH3 is 1. The number of nitrogens with zero attached hydrogens (tertiary/aromatic N) is 2. The smallest absolute Gasteiger partial charge is 0.490 e. The SMILES string of the molecule is COc1cccc(C(=O)N2CC(C(=O)Nc3cccnc3)C3(CCOCC3)C2)c1.O=C(O)C(F)(F)F. The number of halogens is 3. The van der Waals surface area contributed by atoms with E-state index in [1.807, 2.05) is 12.1 Å². The molecule has 0 saturated carbocycles. The van der Waals surface area contributed by atoms with Crippen LogP contribution < -0.4 is 10.1 Å². The molecular weight excluding hydrogens is 483 g/mol. The fraction of sp³-hybridized carbons (Fsp3) is 0.417. The second-order valence-corrected chi connectivity index (χ2v) is 8.48. The summed E-state index contributed by atoms with van der Waals surface area (Å²) in [7, 11) is 1.58. The summed E-state index contributed by atoms with van der Waals surface area (Å²) < 4.78 is 42.5. The van der Waals surface area contributed by atoms with E-state index in [1.165, 1.54) is 0 Å². The number of carbonyl (C=O) groups excluding carboxylic acids is 2. The fourth-order valence-corrected chi connectivity index (χ4v) is 4.37. The summed E-state index contributed by atoms with van der Waals surface area (Å²) in [4.78, 5) is 41.1. The van der Waals surface area contributed by atoms with Gasteiger partial charge in [0.2, 0.25) is 5.91 Å². The highest BCUT2D eigenvalue weighted by molar-refractivity contribution is 5.97. The van der Waals surface area contributed by atoms with E-state index in [4.69, 9.17) is 19.4 Å². The molecule has 0 bridgehead atoms. The summed E-state index contributed by atoms with van der Waals surface area (Å²) in [6.07, 6.45) is -0.261. The summed E-state index contributed by atoms with van der Waals surface area (Å²) in [5.74, 6) is -2.55. The lowest BCUT2D eigenvalue weighted by Crippen LogP contribution is -2.42. The van der Waals surface area contributed by atoms with Gasteiger partial charge in [-0.15, -0.1) is 0 Å². The van der Waals surface area contributed by atoms with E-state index in [2.05, 4.69) is 10.3 Å². The van der Waals surface area contributed by atoms with E-state index in [1.54, 1.807) is 48.7 Å². The number of anilines is 1. The molecule has 1 atom stereocenters. The lowest BCUT2D eigenvalue weighted by molar-refractivity contribution is -0.192. The van der Waals surface area contributed by atoms with Gasteiger partial charge in [0.1, 0.15) is 5.75 Å². The number of alkyl halides is 3. The highest BCUT2D eigenvalue weighted by Gasteiger charge is 2.51. The lowest BCUT2D eigenvalue weighted by Gasteiger charge is -2.37. The van der Waals surface area contributed by atoms with Gasteiger partial charge in [0.25, 0.3) is 5.91 Å². The molecule has 12 heteroatoms. The van der Waals surface area contributed by atoms with E-state index in [9.17, 15) is 22.8 Å². The van der Waals surface area contributed by atoms with Crippen molar-refractivity contribution in [3.63, 3.8) is 0 Å². The Morgan fingerprint density at radius 2 is 1.89 bits per heavy atom. The van der Waals surface area contributed by atoms with E-state index in [-0.39, 0.29) is 23.1 Å². The predicted molar refractivity (Wildman–Crippen MR) is 121 cm³/mol. The van der Waals surface area contributed by atoms with Gasteiger partial charge < -0.3 is 24.8 Å². The van der Waals surface area contributed by atoms with Crippen molar-refractivity contribution in [2.45, 2.75) is 19.0 Å². The van der Waals surface area contributed by atoms with Crippen molar-refractivity contribution in [2.24, 2.45) is 11.3 Å². The zero-order valence-corrected chi connectivity index (χ0v) is 19.5. The first kappa shape index (κ1) is 26.9. The molecule has 2 N–H and O–H groups in total. The number of aliphatic carboxylic acids is 1. The van der Waals surface area contributed by atoms with Crippen LogP contribution in [-0.4, -0.2) is 72.4 Å². The second-order valence-electron chi connectivity index (χ2n) is 8.48. The van der Waals surface area contributed by atoms with Crippen LogP contribution in [0.2, 0.25) is 0 Å². The van der Waals surface area contributed by atoms with Crippen LogP contribution in [0, 0.1) is 11.3 Å². The quantitative estimate of drug-likeness (QED) is 0.650. The zero-order chi connectivity index (χ0) is 26.3. The first-order valence-corrected chi connectivity index (χ1v) is 11.1. The van der Waals surface area contributed by atoms with Gasteiger partial charge in [0, 0.05) is 43.5 Å². The van der Waals surface area contributed by atoms with Crippen LogP contribution >= 0.6 is 0 Å². The third kappa shape index (κ3) is 6.51. The molecule has 4 rings (SSSR count). The van der Waals surface area contributed by atoms with Crippen molar-refractivity contribution >= 4 is 23.5 Å². The minimum absolute atomic E-state index is 0.0687. The van der Waals surface area contributed by atoms with E-state index in [0.29, 0.717) is 43.3 Å². The molecule has 9 nitrogen and oxygen atoms in total. The van der Waals surface area contributed by atoms with Gasteiger partial charge in [0.15, 0.2) is 0 Å². The molecule has 3 heterocycles. The van der Waals surface area contributed by atoms with Crippen LogP contribution in [0.4, 0.5) is 18.9 Å². The molecule has 194 valence electrons. The molecule has 2 saturated heterocycles. The molecule has 1 aromatic carbocycles. The number of amides is 2. The van der Waals surface area contributed by atoms with E-state index >= 15 is 0 Å². The Hall–Kier alpha value is -3.67. The number of likely N-dealkylation sites (tertiary alicyclic amines) is 1. The highest BCUT2D eigenvalue weighted by atomic mass is 19.4. The Balaban J connectivity index is 0.000000454. The fourth-order valence-electron chi connectivity index (χ4n) is 4.37. The number of rotatable bonds is 4. The molecule has 2 aromatic rings. The van der Waals surface area contributed by atoms with Crippen LogP contribution in [0.1, 0.15) is 23.2 Å². The minimum atomic E-state index is -5.08. The number of benzene rings is 1. The maximum atomic E-state index is 13.2. The largest absolute Gasteiger partial charge is 0.497 e. The van der Waals surface area contributed by atoms with Gasteiger partial charge >= 0.3 is 12.1 Å². The van der Waals surface area contributed by atoms with Gasteiger partial charge in [0.05, 0.1) is 24.9 Å². The van der Waals surface area contributed by atoms with Gasteiger partial charge in [-0.2, -0.15) is 13.2 Å². The number of hydrogen-bond donors (Lipinski definition) is 2. The van der Waals surface area contributed by atoms with Crippen molar-refractivity contribution in [1.82, 2.24) is 9.88 Å². The van der Waals surface area contributed by atoms with Crippen LogP contribution in [0.15, 0.2) is 48.8 Å².